The Bertz CT molecular complexity index is 448. The Labute approximate surface area is 106 Å². The highest BCUT2D eigenvalue weighted by atomic mass is 16.3. The summed E-state index contributed by atoms with van der Waals surface area (Å²) in [6.07, 6.45) is 1.00. The maximum absolute atomic E-state index is 9.51. The highest BCUT2D eigenvalue weighted by molar-refractivity contribution is 5.42. The fourth-order valence-corrected chi connectivity index (χ4v) is 2.20. The number of benzene rings is 1. The first-order valence-electron chi connectivity index (χ1n) is 6.08. The summed E-state index contributed by atoms with van der Waals surface area (Å²) in [6, 6.07) is 6.45. The van der Waals surface area contributed by atoms with Crippen molar-refractivity contribution in [3.8, 4) is 17.6 Å². The predicted molar refractivity (Wildman–Crippen MR) is 67.2 cm³/mol. The summed E-state index contributed by atoms with van der Waals surface area (Å²) in [6.45, 7) is 3.49. The zero-order valence-corrected chi connectivity index (χ0v) is 10.1. The van der Waals surface area contributed by atoms with Crippen molar-refractivity contribution in [1.29, 1.82) is 5.26 Å². The predicted octanol–water partition coefficient (Wildman–Crippen LogP) is 0.958. The minimum atomic E-state index is -0.378. The number of aromatic hydroxyl groups is 2. The summed E-state index contributed by atoms with van der Waals surface area (Å²) < 4.78 is 0. The highest BCUT2D eigenvalue weighted by Gasteiger charge is 2.21. The number of phenols is 2. The van der Waals surface area contributed by atoms with Gasteiger partial charge < -0.3 is 15.5 Å². The van der Waals surface area contributed by atoms with Crippen LogP contribution in [0, 0.1) is 11.3 Å². The van der Waals surface area contributed by atoms with Gasteiger partial charge in [-0.1, -0.05) is 6.07 Å². The fraction of sp³-hybridized carbons (Fsp3) is 0.462. The van der Waals surface area contributed by atoms with E-state index in [1.54, 1.807) is 6.07 Å². The van der Waals surface area contributed by atoms with Gasteiger partial charge in [0.15, 0.2) is 11.5 Å². The van der Waals surface area contributed by atoms with E-state index in [0.717, 1.165) is 38.2 Å². The third-order valence-corrected chi connectivity index (χ3v) is 3.18. The Kier molecular flexibility index (Phi) is 4.03. The Morgan fingerprint density at radius 3 is 2.78 bits per heavy atom. The molecule has 0 saturated carbocycles. The number of hydrogen-bond acceptors (Lipinski definition) is 5. The van der Waals surface area contributed by atoms with Crippen LogP contribution in [0.2, 0.25) is 0 Å². The summed E-state index contributed by atoms with van der Waals surface area (Å²) >= 11 is 0. The second-order valence-electron chi connectivity index (χ2n) is 4.42. The molecule has 1 aromatic rings. The topological polar surface area (TPSA) is 79.5 Å². The molecule has 2 rings (SSSR count). The molecule has 5 nitrogen and oxygen atoms in total. The summed E-state index contributed by atoms with van der Waals surface area (Å²) in [5, 5.41) is 31.4. The SMILES string of the molecule is N#CC(c1ccc(O)c(O)c1)N1CCCNCC1. The Morgan fingerprint density at radius 1 is 1.22 bits per heavy atom. The molecule has 0 radical (unpaired) electrons. The monoisotopic (exact) mass is 247 g/mol. The normalized spacial score (nSPS) is 18.8. The van der Waals surface area contributed by atoms with Crippen molar-refractivity contribution in [2.24, 2.45) is 0 Å². The smallest absolute Gasteiger partial charge is 0.157 e. The number of nitriles is 1. The molecule has 1 saturated heterocycles. The third kappa shape index (κ3) is 2.73. The standard InChI is InChI=1S/C13H17N3O2/c14-9-11(16-6-1-4-15-5-7-16)10-2-3-12(17)13(18)8-10/h2-3,8,11,15,17-18H,1,4-7H2. The van der Waals surface area contributed by atoms with Crippen molar-refractivity contribution < 1.29 is 10.2 Å². The lowest BCUT2D eigenvalue weighted by Crippen LogP contribution is -2.31. The first kappa shape index (κ1) is 12.7. The average molecular weight is 247 g/mol. The van der Waals surface area contributed by atoms with E-state index in [4.69, 9.17) is 0 Å². The molecule has 96 valence electrons. The lowest BCUT2D eigenvalue weighted by molar-refractivity contribution is 0.252. The van der Waals surface area contributed by atoms with Crippen LogP contribution in [0.25, 0.3) is 0 Å². The summed E-state index contributed by atoms with van der Waals surface area (Å²) in [7, 11) is 0. The molecule has 18 heavy (non-hydrogen) atoms. The molecule has 0 amide bonds. The molecule has 1 atom stereocenters. The van der Waals surface area contributed by atoms with Crippen LogP contribution in [-0.2, 0) is 0 Å². The van der Waals surface area contributed by atoms with Crippen LogP contribution in [-0.4, -0.2) is 41.3 Å². The van der Waals surface area contributed by atoms with Crippen molar-refractivity contribution in [3.05, 3.63) is 23.8 Å². The van der Waals surface area contributed by atoms with E-state index in [0.29, 0.717) is 0 Å². The number of nitrogens with one attached hydrogen (secondary N) is 1. The van der Waals surface area contributed by atoms with E-state index in [1.165, 1.54) is 12.1 Å². The number of nitrogens with zero attached hydrogens (tertiary/aromatic N) is 2. The minimum Gasteiger partial charge on any atom is -0.504 e. The Hall–Kier alpha value is -1.77. The van der Waals surface area contributed by atoms with Crippen molar-refractivity contribution in [3.63, 3.8) is 0 Å². The van der Waals surface area contributed by atoms with E-state index in [-0.39, 0.29) is 17.5 Å². The van der Waals surface area contributed by atoms with E-state index in [2.05, 4.69) is 16.3 Å². The largest absolute Gasteiger partial charge is 0.504 e. The second kappa shape index (κ2) is 5.71. The molecular weight excluding hydrogens is 230 g/mol. The van der Waals surface area contributed by atoms with Crippen LogP contribution in [0.3, 0.4) is 0 Å². The molecular formula is C13H17N3O2. The van der Waals surface area contributed by atoms with Gasteiger partial charge in [0.1, 0.15) is 6.04 Å². The van der Waals surface area contributed by atoms with Gasteiger partial charge in [-0.05, 0) is 30.7 Å². The second-order valence-corrected chi connectivity index (χ2v) is 4.42. The van der Waals surface area contributed by atoms with Gasteiger partial charge in [-0.3, -0.25) is 4.90 Å². The average Bonchev–Trinajstić information content (AvgIpc) is 2.64. The van der Waals surface area contributed by atoms with Gasteiger partial charge in [0, 0.05) is 19.6 Å². The summed E-state index contributed by atoms with van der Waals surface area (Å²) in [5.74, 6) is -0.339. The van der Waals surface area contributed by atoms with Crippen LogP contribution >= 0.6 is 0 Å². The molecule has 3 N–H and O–H groups in total. The van der Waals surface area contributed by atoms with Gasteiger partial charge in [0.25, 0.3) is 0 Å². The van der Waals surface area contributed by atoms with Crippen LogP contribution in [0.1, 0.15) is 18.0 Å². The molecule has 0 aliphatic carbocycles. The fourth-order valence-electron chi connectivity index (χ4n) is 2.20. The van der Waals surface area contributed by atoms with E-state index >= 15 is 0 Å². The van der Waals surface area contributed by atoms with Gasteiger partial charge in [-0.15, -0.1) is 0 Å². The Balaban J connectivity index is 2.21. The highest BCUT2D eigenvalue weighted by Crippen LogP contribution is 2.30. The summed E-state index contributed by atoms with van der Waals surface area (Å²) in [5.41, 5.74) is 0.717. The molecule has 5 heteroatoms. The van der Waals surface area contributed by atoms with Crippen molar-refractivity contribution in [1.82, 2.24) is 10.2 Å². The third-order valence-electron chi connectivity index (χ3n) is 3.18. The zero-order valence-electron chi connectivity index (χ0n) is 10.1. The lowest BCUT2D eigenvalue weighted by Gasteiger charge is -2.25. The molecule has 1 fully saturated rings. The van der Waals surface area contributed by atoms with Crippen LogP contribution < -0.4 is 5.32 Å². The Morgan fingerprint density at radius 2 is 2.06 bits per heavy atom. The van der Waals surface area contributed by atoms with Gasteiger partial charge in [-0.2, -0.15) is 5.26 Å². The number of hydrogen-bond donors (Lipinski definition) is 3. The van der Waals surface area contributed by atoms with Gasteiger partial charge in [0.05, 0.1) is 6.07 Å². The first-order chi connectivity index (χ1) is 8.72. The van der Waals surface area contributed by atoms with Crippen molar-refractivity contribution in [2.75, 3.05) is 26.2 Å². The molecule has 0 spiro atoms. The number of phenolic OH excluding ortho intramolecular Hbond substituents is 2. The van der Waals surface area contributed by atoms with Crippen LogP contribution in [0.5, 0.6) is 11.5 Å². The van der Waals surface area contributed by atoms with Crippen LogP contribution in [0.15, 0.2) is 18.2 Å². The van der Waals surface area contributed by atoms with Gasteiger partial charge in [-0.25, -0.2) is 0 Å². The molecule has 1 unspecified atom stereocenters. The van der Waals surface area contributed by atoms with Crippen molar-refractivity contribution >= 4 is 0 Å². The molecule has 1 aliphatic heterocycles. The maximum atomic E-state index is 9.51. The van der Waals surface area contributed by atoms with Gasteiger partial charge in [0.2, 0.25) is 0 Å². The van der Waals surface area contributed by atoms with E-state index in [1.807, 2.05) is 0 Å². The van der Waals surface area contributed by atoms with Gasteiger partial charge >= 0.3 is 0 Å². The van der Waals surface area contributed by atoms with Crippen LogP contribution in [0.4, 0.5) is 0 Å². The maximum Gasteiger partial charge on any atom is 0.157 e. The van der Waals surface area contributed by atoms with E-state index in [9.17, 15) is 15.5 Å². The lowest BCUT2D eigenvalue weighted by atomic mass is 10.1. The zero-order chi connectivity index (χ0) is 13.0. The molecule has 1 heterocycles. The van der Waals surface area contributed by atoms with E-state index < -0.39 is 0 Å². The molecule has 0 aromatic heterocycles. The summed E-state index contributed by atoms with van der Waals surface area (Å²) in [4.78, 5) is 2.09. The molecule has 1 aromatic carbocycles. The molecule has 1 aliphatic rings. The molecule has 0 bridgehead atoms. The minimum absolute atomic E-state index is 0.159. The first-order valence-corrected chi connectivity index (χ1v) is 6.08. The quantitative estimate of drug-likeness (QED) is 0.678. The van der Waals surface area contributed by atoms with Crippen molar-refractivity contribution in [2.45, 2.75) is 12.5 Å². The number of rotatable bonds is 2.